The Hall–Kier alpha value is -3.92. The third-order valence-corrected chi connectivity index (χ3v) is 6.53. The zero-order valence-electron chi connectivity index (χ0n) is 18.9. The molecule has 1 aliphatic rings. The number of esters is 1. The smallest absolute Gasteiger partial charge is 0.338 e. The number of ether oxygens (including phenoxy) is 1. The number of nitrogens with zero attached hydrogens (tertiary/aromatic N) is 5. The minimum atomic E-state index is -0.525. The lowest BCUT2D eigenvalue weighted by molar-refractivity contribution is -0.134. The van der Waals surface area contributed by atoms with Gasteiger partial charge in [0.15, 0.2) is 12.2 Å². The van der Waals surface area contributed by atoms with Crippen molar-refractivity contribution in [3.05, 3.63) is 78.1 Å². The molecule has 0 unspecified atom stereocenters. The monoisotopic (exact) mass is 489 g/mol. The van der Waals surface area contributed by atoms with E-state index in [1.54, 1.807) is 35.5 Å². The van der Waals surface area contributed by atoms with Crippen molar-refractivity contribution >= 4 is 40.7 Å². The highest BCUT2D eigenvalue weighted by Gasteiger charge is 2.24. The number of carbonyl (C=O) groups excluding carboxylic acids is 2. The van der Waals surface area contributed by atoms with E-state index in [0.717, 1.165) is 16.7 Å². The van der Waals surface area contributed by atoms with Crippen molar-refractivity contribution < 1.29 is 18.7 Å². The Kier molecular flexibility index (Phi) is 6.89. The highest BCUT2D eigenvalue weighted by atomic mass is 32.2. The fraction of sp³-hybridized carbons (Fsp3) is 0.240. The summed E-state index contributed by atoms with van der Waals surface area (Å²) in [4.78, 5) is 42.1. The van der Waals surface area contributed by atoms with E-state index in [1.807, 2.05) is 41.3 Å². The molecule has 1 aliphatic heterocycles. The summed E-state index contributed by atoms with van der Waals surface area (Å²) in [7, 11) is 0. The molecule has 0 N–H and O–H groups in total. The van der Waals surface area contributed by atoms with E-state index in [9.17, 15) is 9.59 Å². The first-order chi connectivity index (χ1) is 17.2. The molecule has 0 radical (unpaired) electrons. The van der Waals surface area contributed by atoms with E-state index in [2.05, 4.69) is 15.0 Å². The molecule has 5 rings (SSSR count). The standard InChI is InChI=1S/C25H23N5O4S/c31-22(29-12-14-30(15-13-29)24-26-10-5-11-27-24)16-33-23(32)19-7-2-1-6-18(19)17-35-25-28-20-8-3-4-9-21(20)34-25/h1-11H,12-17H2. The number of hydrogen-bond acceptors (Lipinski definition) is 9. The second kappa shape index (κ2) is 10.6. The van der Waals surface area contributed by atoms with E-state index in [1.165, 1.54) is 11.8 Å². The van der Waals surface area contributed by atoms with E-state index in [4.69, 9.17) is 9.15 Å². The van der Waals surface area contributed by atoms with Crippen LogP contribution in [0.1, 0.15) is 15.9 Å². The first-order valence-electron chi connectivity index (χ1n) is 11.2. The molecule has 3 heterocycles. The molecule has 0 bridgehead atoms. The lowest BCUT2D eigenvalue weighted by atomic mass is 10.1. The van der Waals surface area contributed by atoms with Gasteiger partial charge < -0.3 is 19.0 Å². The first-order valence-corrected chi connectivity index (χ1v) is 12.2. The van der Waals surface area contributed by atoms with Crippen LogP contribution >= 0.6 is 11.8 Å². The number of para-hydroxylation sites is 2. The molecule has 2 aromatic heterocycles. The molecule has 1 amide bonds. The summed E-state index contributed by atoms with van der Waals surface area (Å²) in [6.07, 6.45) is 3.39. The van der Waals surface area contributed by atoms with Gasteiger partial charge in [0.25, 0.3) is 11.1 Å². The topological polar surface area (TPSA) is 102 Å². The van der Waals surface area contributed by atoms with Crippen molar-refractivity contribution in [3.8, 4) is 0 Å². The lowest BCUT2D eigenvalue weighted by Crippen LogP contribution is -2.50. The number of hydrogen-bond donors (Lipinski definition) is 0. The number of oxazole rings is 1. The second-order valence-corrected chi connectivity index (χ2v) is 8.81. The maximum Gasteiger partial charge on any atom is 0.338 e. The van der Waals surface area contributed by atoms with Crippen LogP contribution in [-0.2, 0) is 15.3 Å². The van der Waals surface area contributed by atoms with Crippen LogP contribution in [0.2, 0.25) is 0 Å². The molecule has 10 heteroatoms. The molecular weight excluding hydrogens is 466 g/mol. The predicted molar refractivity (Wildman–Crippen MR) is 131 cm³/mol. The van der Waals surface area contributed by atoms with Gasteiger partial charge in [0.2, 0.25) is 5.95 Å². The first kappa shape index (κ1) is 22.9. The summed E-state index contributed by atoms with van der Waals surface area (Å²) in [6, 6.07) is 16.5. The highest BCUT2D eigenvalue weighted by molar-refractivity contribution is 7.98. The minimum absolute atomic E-state index is 0.217. The van der Waals surface area contributed by atoms with E-state index in [-0.39, 0.29) is 12.5 Å². The average Bonchev–Trinajstić information content (AvgIpc) is 3.34. The molecule has 9 nitrogen and oxygen atoms in total. The molecule has 2 aromatic carbocycles. The van der Waals surface area contributed by atoms with Gasteiger partial charge in [-0.2, -0.15) is 0 Å². The van der Waals surface area contributed by atoms with Gasteiger partial charge in [-0.1, -0.05) is 42.1 Å². The number of carbonyl (C=O) groups is 2. The average molecular weight is 490 g/mol. The van der Waals surface area contributed by atoms with Gasteiger partial charge >= 0.3 is 5.97 Å². The number of amides is 1. The van der Waals surface area contributed by atoms with Gasteiger partial charge in [-0.3, -0.25) is 4.79 Å². The molecular formula is C25H23N5O4S. The molecule has 0 saturated carbocycles. The largest absolute Gasteiger partial charge is 0.452 e. The Morgan fingerprint density at radius 1 is 0.943 bits per heavy atom. The van der Waals surface area contributed by atoms with Gasteiger partial charge in [0.1, 0.15) is 5.52 Å². The van der Waals surface area contributed by atoms with Gasteiger partial charge in [-0.25, -0.2) is 19.7 Å². The normalized spacial score (nSPS) is 13.7. The molecule has 0 aliphatic carbocycles. The van der Waals surface area contributed by atoms with Crippen LogP contribution < -0.4 is 4.90 Å². The summed E-state index contributed by atoms with van der Waals surface area (Å²) in [5.41, 5.74) is 2.72. The molecule has 178 valence electrons. The fourth-order valence-corrected chi connectivity index (χ4v) is 4.65. The van der Waals surface area contributed by atoms with Crippen LogP contribution in [0.3, 0.4) is 0 Å². The molecule has 0 atom stereocenters. The number of benzene rings is 2. The van der Waals surface area contributed by atoms with Crippen molar-refractivity contribution in [2.75, 3.05) is 37.7 Å². The molecule has 35 heavy (non-hydrogen) atoms. The molecule has 1 fully saturated rings. The minimum Gasteiger partial charge on any atom is -0.452 e. The molecule has 1 saturated heterocycles. The number of aromatic nitrogens is 3. The Labute approximate surface area is 206 Å². The Morgan fingerprint density at radius 3 is 2.49 bits per heavy atom. The maximum atomic E-state index is 12.8. The van der Waals surface area contributed by atoms with Gasteiger partial charge in [0.05, 0.1) is 5.56 Å². The SMILES string of the molecule is O=C(OCC(=O)N1CCN(c2ncccn2)CC1)c1ccccc1CSc1nc2ccccc2o1. The van der Waals surface area contributed by atoms with Crippen molar-refractivity contribution in [1.29, 1.82) is 0 Å². The Balaban J connectivity index is 1.14. The van der Waals surface area contributed by atoms with Crippen molar-refractivity contribution in [2.45, 2.75) is 11.0 Å². The van der Waals surface area contributed by atoms with Crippen LogP contribution in [0.4, 0.5) is 5.95 Å². The fourth-order valence-electron chi connectivity index (χ4n) is 3.80. The lowest BCUT2D eigenvalue weighted by Gasteiger charge is -2.34. The van der Waals surface area contributed by atoms with Gasteiger partial charge in [-0.15, -0.1) is 0 Å². The van der Waals surface area contributed by atoms with E-state index in [0.29, 0.717) is 48.7 Å². The zero-order valence-corrected chi connectivity index (χ0v) is 19.7. The molecule has 4 aromatic rings. The van der Waals surface area contributed by atoms with E-state index < -0.39 is 5.97 Å². The molecule has 0 spiro atoms. The van der Waals surface area contributed by atoms with Crippen molar-refractivity contribution in [1.82, 2.24) is 19.9 Å². The van der Waals surface area contributed by atoms with Gasteiger partial charge in [-0.05, 0) is 29.8 Å². The number of anilines is 1. The number of thioether (sulfide) groups is 1. The zero-order chi connectivity index (χ0) is 24.0. The third kappa shape index (κ3) is 5.43. The third-order valence-electron chi connectivity index (χ3n) is 5.66. The van der Waals surface area contributed by atoms with Crippen LogP contribution in [-0.4, -0.2) is 64.5 Å². The van der Waals surface area contributed by atoms with E-state index >= 15 is 0 Å². The van der Waals surface area contributed by atoms with Crippen molar-refractivity contribution in [2.24, 2.45) is 0 Å². The second-order valence-electron chi connectivity index (χ2n) is 7.89. The van der Waals surface area contributed by atoms with Crippen LogP contribution in [0.25, 0.3) is 11.1 Å². The summed E-state index contributed by atoms with van der Waals surface area (Å²) in [5, 5.41) is 0.532. The number of fused-ring (bicyclic) bond motifs is 1. The summed E-state index contributed by atoms with van der Waals surface area (Å²) in [5.74, 6) is 0.391. The number of piperazine rings is 1. The maximum absolute atomic E-state index is 12.8. The summed E-state index contributed by atoms with van der Waals surface area (Å²) < 4.78 is 11.1. The van der Waals surface area contributed by atoms with Gasteiger partial charge in [0, 0.05) is 44.3 Å². The summed E-state index contributed by atoms with van der Waals surface area (Å²) in [6.45, 7) is 1.99. The Morgan fingerprint density at radius 2 is 1.69 bits per heavy atom. The van der Waals surface area contributed by atoms with Crippen LogP contribution in [0, 0.1) is 0 Å². The Bertz CT molecular complexity index is 1290. The van der Waals surface area contributed by atoms with Crippen LogP contribution in [0.5, 0.6) is 0 Å². The predicted octanol–water partition coefficient (Wildman–Crippen LogP) is 3.42. The van der Waals surface area contributed by atoms with Crippen molar-refractivity contribution in [3.63, 3.8) is 0 Å². The van der Waals surface area contributed by atoms with Crippen LogP contribution in [0.15, 0.2) is 76.6 Å². The quantitative estimate of drug-likeness (QED) is 0.285. The summed E-state index contributed by atoms with van der Waals surface area (Å²) >= 11 is 1.40. The highest BCUT2D eigenvalue weighted by Crippen LogP contribution is 2.27. The number of rotatable bonds is 7.